The highest BCUT2D eigenvalue weighted by molar-refractivity contribution is 7.99. The lowest BCUT2D eigenvalue weighted by molar-refractivity contribution is -0.384. The molecule has 1 N–H and O–H groups in total. The summed E-state index contributed by atoms with van der Waals surface area (Å²) in [6.45, 7) is 1.70. The van der Waals surface area contributed by atoms with Crippen molar-refractivity contribution < 1.29 is 9.72 Å². The largest absolute Gasteiger partial charge is 0.325 e. The molecule has 0 spiro atoms. The Kier molecular flexibility index (Phi) is 5.23. The molecule has 2 aromatic carbocycles. The first-order valence-electron chi connectivity index (χ1n) is 7.56. The number of benzene rings is 2. The third kappa shape index (κ3) is 4.03. The van der Waals surface area contributed by atoms with E-state index in [1.807, 2.05) is 30.3 Å². The van der Waals surface area contributed by atoms with Crippen LogP contribution in [0.2, 0.25) is 0 Å². The predicted octanol–water partition coefficient (Wildman–Crippen LogP) is 2.61. The molecule has 0 aliphatic rings. The van der Waals surface area contributed by atoms with Crippen molar-refractivity contribution in [1.29, 1.82) is 0 Å². The van der Waals surface area contributed by atoms with Gasteiger partial charge in [0.15, 0.2) is 0 Å². The van der Waals surface area contributed by atoms with Crippen molar-refractivity contribution in [1.82, 2.24) is 20.2 Å². The molecule has 1 heterocycles. The smallest absolute Gasteiger partial charge is 0.269 e. The summed E-state index contributed by atoms with van der Waals surface area (Å²) in [6.07, 6.45) is 0. The molecular weight excluding hydrogens is 356 g/mol. The van der Waals surface area contributed by atoms with Gasteiger partial charge in [0.25, 0.3) is 5.69 Å². The third-order valence-corrected chi connectivity index (χ3v) is 4.39. The number of aromatic nitrogens is 4. The molecule has 0 unspecified atom stereocenters. The molecular formula is C16H14N6O3S. The van der Waals surface area contributed by atoms with Crippen LogP contribution in [-0.2, 0) is 4.79 Å². The molecule has 1 amide bonds. The maximum absolute atomic E-state index is 12.2. The lowest BCUT2D eigenvalue weighted by Crippen LogP contribution is -2.15. The van der Waals surface area contributed by atoms with Crippen LogP contribution in [0, 0.1) is 17.0 Å². The number of para-hydroxylation sites is 1. The van der Waals surface area contributed by atoms with Crippen LogP contribution in [0.25, 0.3) is 5.69 Å². The summed E-state index contributed by atoms with van der Waals surface area (Å²) in [4.78, 5) is 22.5. The highest BCUT2D eigenvalue weighted by atomic mass is 32.2. The van der Waals surface area contributed by atoms with Crippen LogP contribution in [0.3, 0.4) is 0 Å². The van der Waals surface area contributed by atoms with Crippen molar-refractivity contribution in [3.63, 3.8) is 0 Å². The van der Waals surface area contributed by atoms with Gasteiger partial charge in [0.05, 0.1) is 16.4 Å². The number of aryl methyl sites for hydroxylation is 1. The molecule has 0 saturated carbocycles. The van der Waals surface area contributed by atoms with Crippen molar-refractivity contribution in [3.8, 4) is 5.69 Å². The van der Waals surface area contributed by atoms with E-state index in [0.717, 1.165) is 5.69 Å². The van der Waals surface area contributed by atoms with Crippen LogP contribution in [0.5, 0.6) is 0 Å². The fraction of sp³-hybridized carbons (Fsp3) is 0.125. The zero-order chi connectivity index (χ0) is 18.5. The molecule has 9 nitrogen and oxygen atoms in total. The number of tetrazole rings is 1. The zero-order valence-corrected chi connectivity index (χ0v) is 14.5. The van der Waals surface area contributed by atoms with Crippen LogP contribution in [0.1, 0.15) is 5.56 Å². The summed E-state index contributed by atoms with van der Waals surface area (Å²) in [5, 5.41) is 25.5. The topological polar surface area (TPSA) is 116 Å². The van der Waals surface area contributed by atoms with Crippen molar-refractivity contribution >= 4 is 29.0 Å². The van der Waals surface area contributed by atoms with E-state index >= 15 is 0 Å². The molecule has 0 fully saturated rings. The van der Waals surface area contributed by atoms with Gasteiger partial charge in [-0.05, 0) is 41.1 Å². The summed E-state index contributed by atoms with van der Waals surface area (Å²) < 4.78 is 1.55. The predicted molar refractivity (Wildman–Crippen MR) is 96.3 cm³/mol. The Bertz CT molecular complexity index is 944. The van der Waals surface area contributed by atoms with Crippen molar-refractivity contribution in [3.05, 3.63) is 64.2 Å². The Balaban J connectivity index is 1.64. The highest BCUT2D eigenvalue weighted by Crippen LogP contribution is 2.22. The second-order valence-electron chi connectivity index (χ2n) is 5.30. The molecule has 26 heavy (non-hydrogen) atoms. The van der Waals surface area contributed by atoms with Gasteiger partial charge in [-0.15, -0.1) is 5.10 Å². The van der Waals surface area contributed by atoms with Gasteiger partial charge < -0.3 is 5.32 Å². The summed E-state index contributed by atoms with van der Waals surface area (Å²) in [6, 6.07) is 13.6. The van der Waals surface area contributed by atoms with Gasteiger partial charge in [-0.3, -0.25) is 14.9 Å². The van der Waals surface area contributed by atoms with Crippen LogP contribution < -0.4 is 5.32 Å². The van der Waals surface area contributed by atoms with Gasteiger partial charge in [0.2, 0.25) is 11.1 Å². The monoisotopic (exact) mass is 370 g/mol. The lowest BCUT2D eigenvalue weighted by Gasteiger charge is -2.08. The second kappa shape index (κ2) is 7.74. The minimum absolute atomic E-state index is 0.0167. The van der Waals surface area contributed by atoms with E-state index < -0.39 is 4.92 Å². The number of amides is 1. The van der Waals surface area contributed by atoms with E-state index in [2.05, 4.69) is 20.8 Å². The second-order valence-corrected chi connectivity index (χ2v) is 6.24. The average molecular weight is 370 g/mol. The number of thioether (sulfide) groups is 1. The van der Waals surface area contributed by atoms with E-state index in [1.54, 1.807) is 11.6 Å². The van der Waals surface area contributed by atoms with Gasteiger partial charge in [0.1, 0.15) is 0 Å². The molecule has 0 saturated heterocycles. The quantitative estimate of drug-likeness (QED) is 0.403. The molecule has 1 aromatic heterocycles. The Morgan fingerprint density at radius 1 is 1.27 bits per heavy atom. The minimum Gasteiger partial charge on any atom is -0.325 e. The van der Waals surface area contributed by atoms with Gasteiger partial charge in [-0.2, -0.15) is 4.68 Å². The number of hydrogen-bond donors (Lipinski definition) is 1. The lowest BCUT2D eigenvalue weighted by atomic mass is 10.2. The fourth-order valence-electron chi connectivity index (χ4n) is 2.22. The Morgan fingerprint density at radius 3 is 2.73 bits per heavy atom. The summed E-state index contributed by atoms with van der Waals surface area (Å²) in [5.41, 5.74) is 1.93. The number of carbonyl (C=O) groups excluding carboxylic acids is 1. The highest BCUT2D eigenvalue weighted by Gasteiger charge is 2.13. The normalized spacial score (nSPS) is 10.5. The number of rotatable bonds is 6. The van der Waals surface area contributed by atoms with Crippen molar-refractivity contribution in [2.24, 2.45) is 0 Å². The summed E-state index contributed by atoms with van der Waals surface area (Å²) in [5.74, 6) is -0.154. The molecule has 0 aliphatic carbocycles. The van der Waals surface area contributed by atoms with Crippen LogP contribution in [0.4, 0.5) is 11.4 Å². The van der Waals surface area contributed by atoms with Crippen LogP contribution >= 0.6 is 11.8 Å². The molecule has 3 rings (SSSR count). The van der Waals surface area contributed by atoms with E-state index in [1.165, 1.54) is 30.0 Å². The first-order chi connectivity index (χ1) is 12.5. The molecule has 3 aromatic rings. The van der Waals surface area contributed by atoms with Gasteiger partial charge in [0, 0.05) is 17.8 Å². The number of nitrogens with zero attached hydrogens (tertiary/aromatic N) is 5. The standard InChI is InChI=1S/C16H14N6O3S/c1-11-9-13(22(24)25)7-8-14(11)17-15(23)10-26-16-18-19-20-21(16)12-5-3-2-4-6-12/h2-9H,10H2,1H3,(H,17,23). The fourth-order valence-corrected chi connectivity index (χ4v) is 2.91. The zero-order valence-electron chi connectivity index (χ0n) is 13.7. The number of nitro groups is 1. The van der Waals surface area contributed by atoms with Crippen LogP contribution in [0.15, 0.2) is 53.7 Å². The van der Waals surface area contributed by atoms with Gasteiger partial charge >= 0.3 is 0 Å². The first-order valence-corrected chi connectivity index (χ1v) is 8.54. The maximum Gasteiger partial charge on any atom is 0.269 e. The number of nitro benzene ring substituents is 1. The van der Waals surface area contributed by atoms with E-state index in [9.17, 15) is 14.9 Å². The Morgan fingerprint density at radius 2 is 2.04 bits per heavy atom. The third-order valence-electron chi connectivity index (χ3n) is 3.47. The van der Waals surface area contributed by atoms with Crippen molar-refractivity contribution in [2.75, 3.05) is 11.1 Å². The number of nitrogens with one attached hydrogen (secondary N) is 1. The summed E-state index contributed by atoms with van der Waals surface area (Å²) in [7, 11) is 0. The number of hydrogen-bond acceptors (Lipinski definition) is 7. The van der Waals surface area contributed by atoms with Gasteiger partial charge in [-0.1, -0.05) is 30.0 Å². The molecule has 0 bridgehead atoms. The number of anilines is 1. The Labute approximate surface area is 152 Å². The maximum atomic E-state index is 12.2. The van der Waals surface area contributed by atoms with Crippen LogP contribution in [-0.4, -0.2) is 36.8 Å². The number of non-ortho nitro benzene ring substituents is 1. The van der Waals surface area contributed by atoms with E-state index in [0.29, 0.717) is 16.4 Å². The number of carbonyl (C=O) groups is 1. The molecule has 0 aliphatic heterocycles. The minimum atomic E-state index is -0.474. The summed E-state index contributed by atoms with van der Waals surface area (Å²) >= 11 is 1.20. The molecule has 10 heteroatoms. The Hall–Kier alpha value is -3.27. The van der Waals surface area contributed by atoms with E-state index in [4.69, 9.17) is 0 Å². The SMILES string of the molecule is Cc1cc([N+](=O)[O-])ccc1NC(=O)CSc1nnnn1-c1ccccc1. The first kappa shape index (κ1) is 17.5. The van der Waals surface area contributed by atoms with Gasteiger partial charge in [-0.25, -0.2) is 0 Å². The molecule has 0 atom stereocenters. The molecule has 132 valence electrons. The molecule has 0 radical (unpaired) electrons. The van der Waals surface area contributed by atoms with E-state index in [-0.39, 0.29) is 17.3 Å². The average Bonchev–Trinajstić information content (AvgIpc) is 3.11. The van der Waals surface area contributed by atoms with Crippen molar-refractivity contribution in [2.45, 2.75) is 12.1 Å².